The van der Waals surface area contributed by atoms with E-state index in [9.17, 15) is 4.79 Å². The summed E-state index contributed by atoms with van der Waals surface area (Å²) in [6, 6.07) is 9.44. The molecule has 0 saturated heterocycles. The molecule has 4 rings (SSSR count). The summed E-state index contributed by atoms with van der Waals surface area (Å²) in [5.74, 6) is 0.410. The summed E-state index contributed by atoms with van der Waals surface area (Å²) >= 11 is 1.17. The Hall–Kier alpha value is -2.81. The minimum Gasteiger partial charge on any atom is -0.465 e. The second kappa shape index (κ2) is 7.18. The lowest BCUT2D eigenvalue weighted by molar-refractivity contribution is 0.209. The van der Waals surface area contributed by atoms with Gasteiger partial charge in [-0.05, 0) is 5.21 Å². The van der Waals surface area contributed by atoms with Crippen molar-refractivity contribution >= 4 is 22.6 Å². The Morgan fingerprint density at radius 1 is 1.25 bits per heavy atom. The molecule has 0 spiro atoms. The Morgan fingerprint density at radius 3 is 2.50 bits per heavy atom. The van der Waals surface area contributed by atoms with Crippen molar-refractivity contribution in [3.05, 3.63) is 30.3 Å². The molecule has 0 bridgehead atoms. The average Bonchev–Trinajstić information content (AvgIpc) is 3.30. The number of tetrazole rings is 1. The number of nitrogens with one attached hydrogen (secondary N) is 1. The predicted molar refractivity (Wildman–Crippen MR) is 90.8 cm³/mol. The number of amides is 1. The highest BCUT2D eigenvalue weighted by Gasteiger charge is 2.19. The van der Waals surface area contributed by atoms with Gasteiger partial charge in [-0.15, -0.1) is 10.2 Å². The molecule has 124 valence electrons. The first-order valence-corrected chi connectivity index (χ1v) is 8.25. The molecule has 0 unspecified atom stereocenters. The molecule has 1 fully saturated rings. The molecule has 0 aliphatic heterocycles. The van der Waals surface area contributed by atoms with E-state index < -0.39 is 6.09 Å². The number of carboxylic acid groups (broad SMARTS) is 1. The number of carbonyl (C=O) groups is 1. The largest absolute Gasteiger partial charge is 0.465 e. The molecule has 9 heteroatoms. The summed E-state index contributed by atoms with van der Waals surface area (Å²) in [5.41, 5.74) is 1.48. The third kappa shape index (κ3) is 4.13. The summed E-state index contributed by atoms with van der Waals surface area (Å²) in [5, 5.41) is 23.2. The maximum absolute atomic E-state index is 10.8. The Labute approximate surface area is 142 Å². The molecule has 2 heterocycles. The lowest BCUT2D eigenvalue weighted by Crippen LogP contribution is -2.06. The number of nitrogens with zero attached hydrogens (tertiary/aromatic N) is 5. The van der Waals surface area contributed by atoms with Crippen LogP contribution in [0.3, 0.4) is 0 Å². The summed E-state index contributed by atoms with van der Waals surface area (Å²) in [4.78, 5) is 17.1. The number of hydrogen-bond acceptors (Lipinski definition) is 6. The molecule has 0 radical (unpaired) electrons. The van der Waals surface area contributed by atoms with E-state index in [0.717, 1.165) is 5.56 Å². The van der Waals surface area contributed by atoms with Crippen molar-refractivity contribution in [1.82, 2.24) is 25.2 Å². The molecule has 24 heavy (non-hydrogen) atoms. The lowest BCUT2D eigenvalue weighted by atomic mass is 10.1. The summed E-state index contributed by atoms with van der Waals surface area (Å²) in [6.45, 7) is 0. The fraction of sp³-hybridized carbons (Fsp3) is 0.267. The average molecular weight is 344 g/mol. The van der Waals surface area contributed by atoms with Crippen LogP contribution in [0.1, 0.15) is 19.3 Å². The SMILES string of the molecule is C1CC1.Cn1nnc(-c2sc(NC(=O)O)nc2-c2ccccc2)n1. The number of benzene rings is 1. The first-order chi connectivity index (χ1) is 11.6. The zero-order chi connectivity index (χ0) is 16.9. The van der Waals surface area contributed by atoms with E-state index in [4.69, 9.17) is 5.11 Å². The monoisotopic (exact) mass is 344 g/mol. The summed E-state index contributed by atoms with van der Waals surface area (Å²) < 4.78 is 0. The normalized spacial score (nSPS) is 12.2. The van der Waals surface area contributed by atoms with Gasteiger partial charge in [0.2, 0.25) is 5.82 Å². The van der Waals surface area contributed by atoms with Crippen molar-refractivity contribution in [1.29, 1.82) is 0 Å². The van der Waals surface area contributed by atoms with Crippen LogP contribution in [-0.4, -0.2) is 36.4 Å². The topological polar surface area (TPSA) is 106 Å². The number of aryl methyl sites for hydroxylation is 1. The molecule has 2 N–H and O–H groups in total. The quantitative estimate of drug-likeness (QED) is 0.755. The minimum atomic E-state index is -1.16. The minimum absolute atomic E-state index is 0.267. The highest BCUT2D eigenvalue weighted by atomic mass is 32.1. The summed E-state index contributed by atoms with van der Waals surface area (Å²) in [6.07, 6.45) is 3.34. The van der Waals surface area contributed by atoms with Crippen LogP contribution in [0.5, 0.6) is 0 Å². The third-order valence-electron chi connectivity index (χ3n) is 2.95. The fourth-order valence-corrected chi connectivity index (χ4v) is 2.69. The van der Waals surface area contributed by atoms with Gasteiger partial charge >= 0.3 is 6.09 Å². The van der Waals surface area contributed by atoms with E-state index in [1.165, 1.54) is 35.4 Å². The molecule has 0 atom stereocenters. The molecule has 1 saturated carbocycles. The molecule has 1 amide bonds. The third-order valence-corrected chi connectivity index (χ3v) is 3.92. The van der Waals surface area contributed by atoms with Gasteiger partial charge in [0.05, 0.1) is 12.7 Å². The first-order valence-electron chi connectivity index (χ1n) is 7.44. The van der Waals surface area contributed by atoms with Crippen LogP contribution in [0, 0.1) is 0 Å². The van der Waals surface area contributed by atoms with Crippen molar-refractivity contribution in [2.24, 2.45) is 7.05 Å². The van der Waals surface area contributed by atoms with Crippen LogP contribution in [0.2, 0.25) is 0 Å². The van der Waals surface area contributed by atoms with E-state index in [1.807, 2.05) is 30.3 Å². The molecule has 1 aliphatic carbocycles. The van der Waals surface area contributed by atoms with Crippen LogP contribution in [-0.2, 0) is 7.05 Å². The zero-order valence-electron chi connectivity index (χ0n) is 13.0. The van der Waals surface area contributed by atoms with Crippen molar-refractivity contribution in [2.45, 2.75) is 19.3 Å². The van der Waals surface area contributed by atoms with Crippen LogP contribution < -0.4 is 5.32 Å². The Kier molecular flexibility index (Phi) is 4.80. The molecular weight excluding hydrogens is 328 g/mol. The highest BCUT2D eigenvalue weighted by Crippen LogP contribution is 2.37. The molecule has 2 aromatic heterocycles. The number of rotatable bonds is 3. The van der Waals surface area contributed by atoms with E-state index in [2.05, 4.69) is 25.7 Å². The van der Waals surface area contributed by atoms with Gasteiger partial charge in [0.1, 0.15) is 4.88 Å². The van der Waals surface area contributed by atoms with Crippen molar-refractivity contribution in [3.8, 4) is 22.0 Å². The Morgan fingerprint density at radius 2 is 1.96 bits per heavy atom. The second-order valence-electron chi connectivity index (χ2n) is 5.16. The van der Waals surface area contributed by atoms with Gasteiger partial charge in [0.15, 0.2) is 5.13 Å². The number of anilines is 1. The zero-order valence-corrected chi connectivity index (χ0v) is 13.8. The van der Waals surface area contributed by atoms with E-state index >= 15 is 0 Å². The van der Waals surface area contributed by atoms with Crippen LogP contribution in [0.15, 0.2) is 30.3 Å². The first kappa shape index (κ1) is 16.1. The standard InChI is InChI=1S/C12H10N6O2S.C3H6/c1-18-16-10(15-17-18)9-8(7-5-3-2-4-6-7)13-11(21-9)14-12(19)20;1-2-3-1/h2-6H,1H3,(H,13,14)(H,19,20);1-3H2. The molecule has 1 aromatic carbocycles. The van der Waals surface area contributed by atoms with Crippen LogP contribution in [0.25, 0.3) is 22.0 Å². The van der Waals surface area contributed by atoms with Crippen molar-refractivity contribution < 1.29 is 9.90 Å². The van der Waals surface area contributed by atoms with Gasteiger partial charge in [-0.2, -0.15) is 4.80 Å². The van der Waals surface area contributed by atoms with Gasteiger partial charge in [0.25, 0.3) is 0 Å². The molecule has 1 aliphatic rings. The molecular formula is C15H16N6O2S. The van der Waals surface area contributed by atoms with Gasteiger partial charge in [-0.3, -0.25) is 5.32 Å². The molecule has 3 aromatic rings. The predicted octanol–water partition coefficient (Wildman–Crippen LogP) is 3.26. The smallest absolute Gasteiger partial charge is 0.410 e. The maximum Gasteiger partial charge on any atom is 0.410 e. The number of hydrogen-bond donors (Lipinski definition) is 2. The van der Waals surface area contributed by atoms with Gasteiger partial charge in [0, 0.05) is 5.56 Å². The van der Waals surface area contributed by atoms with E-state index in [0.29, 0.717) is 16.4 Å². The van der Waals surface area contributed by atoms with E-state index in [1.54, 1.807) is 7.05 Å². The summed E-state index contributed by atoms with van der Waals surface area (Å²) in [7, 11) is 1.66. The maximum atomic E-state index is 10.8. The Bertz CT molecular complexity index is 825. The van der Waals surface area contributed by atoms with E-state index in [-0.39, 0.29) is 5.13 Å². The van der Waals surface area contributed by atoms with Crippen molar-refractivity contribution in [2.75, 3.05) is 5.32 Å². The lowest BCUT2D eigenvalue weighted by Gasteiger charge is -1.98. The van der Waals surface area contributed by atoms with Gasteiger partial charge in [-0.1, -0.05) is 60.9 Å². The Balaban J connectivity index is 0.000000508. The van der Waals surface area contributed by atoms with Gasteiger partial charge in [-0.25, -0.2) is 9.78 Å². The van der Waals surface area contributed by atoms with Crippen LogP contribution >= 0.6 is 11.3 Å². The highest BCUT2D eigenvalue weighted by molar-refractivity contribution is 7.19. The molecule has 8 nitrogen and oxygen atoms in total. The second-order valence-corrected chi connectivity index (χ2v) is 6.16. The van der Waals surface area contributed by atoms with Gasteiger partial charge < -0.3 is 5.11 Å². The number of aromatic nitrogens is 5. The fourth-order valence-electron chi connectivity index (χ4n) is 1.78. The van der Waals surface area contributed by atoms with Crippen LogP contribution in [0.4, 0.5) is 9.93 Å². The number of thiazole rings is 1. The van der Waals surface area contributed by atoms with Crippen molar-refractivity contribution in [3.63, 3.8) is 0 Å².